The molecule has 1 unspecified atom stereocenters. The molecule has 1 atom stereocenters. The highest BCUT2D eigenvalue weighted by molar-refractivity contribution is 5.59. The highest BCUT2D eigenvalue weighted by atomic mass is 16.5. The van der Waals surface area contributed by atoms with Gasteiger partial charge in [-0.1, -0.05) is 6.07 Å². The van der Waals surface area contributed by atoms with Crippen LogP contribution in [0.3, 0.4) is 0 Å². The number of fused-ring (bicyclic) bond motifs is 1. The van der Waals surface area contributed by atoms with E-state index in [4.69, 9.17) is 4.74 Å². The molecule has 88 valence electrons. The smallest absolute Gasteiger partial charge is 0.142 e. The number of nitrogens with zero attached hydrogens (tertiary/aromatic N) is 1. The second-order valence-electron chi connectivity index (χ2n) is 4.62. The molecular formula is C13H20N2O. The molecule has 1 N–H and O–H groups in total. The van der Waals surface area contributed by atoms with Crippen molar-refractivity contribution in [3.8, 4) is 5.75 Å². The van der Waals surface area contributed by atoms with E-state index in [1.807, 2.05) is 0 Å². The number of likely N-dealkylation sites (N-methyl/N-ethyl adjacent to an activating group) is 1. The van der Waals surface area contributed by atoms with Gasteiger partial charge in [-0.2, -0.15) is 0 Å². The van der Waals surface area contributed by atoms with Gasteiger partial charge in [0.2, 0.25) is 0 Å². The summed E-state index contributed by atoms with van der Waals surface area (Å²) < 4.78 is 5.56. The SMILES string of the molecule is CC(Cc1ccc2c(c1)NCCO2)N(C)C. The van der Waals surface area contributed by atoms with Gasteiger partial charge in [-0.3, -0.25) is 0 Å². The Hall–Kier alpha value is -1.22. The van der Waals surface area contributed by atoms with Crippen LogP contribution in [0.25, 0.3) is 0 Å². The second kappa shape index (κ2) is 4.74. The summed E-state index contributed by atoms with van der Waals surface area (Å²) in [6, 6.07) is 6.99. The van der Waals surface area contributed by atoms with Crippen LogP contribution in [0.15, 0.2) is 18.2 Å². The summed E-state index contributed by atoms with van der Waals surface area (Å²) in [6.07, 6.45) is 1.07. The standard InChI is InChI=1S/C13H20N2O/c1-10(15(2)3)8-11-4-5-13-12(9-11)14-6-7-16-13/h4-5,9-10,14H,6-8H2,1-3H3. The molecule has 0 saturated carbocycles. The molecule has 1 aromatic rings. The van der Waals surface area contributed by atoms with E-state index in [2.05, 4.69) is 49.4 Å². The lowest BCUT2D eigenvalue weighted by atomic mass is 10.1. The normalized spacial score (nSPS) is 16.2. The molecule has 0 amide bonds. The second-order valence-corrected chi connectivity index (χ2v) is 4.62. The first-order chi connectivity index (χ1) is 7.66. The molecule has 0 bridgehead atoms. The van der Waals surface area contributed by atoms with Gasteiger partial charge < -0.3 is 15.0 Å². The van der Waals surface area contributed by atoms with Crippen molar-refractivity contribution in [2.75, 3.05) is 32.6 Å². The number of benzene rings is 1. The maximum absolute atomic E-state index is 5.56. The van der Waals surface area contributed by atoms with E-state index in [0.717, 1.165) is 31.0 Å². The summed E-state index contributed by atoms with van der Waals surface area (Å²) >= 11 is 0. The molecule has 1 aromatic carbocycles. The Bertz CT molecular complexity index is 363. The van der Waals surface area contributed by atoms with Crippen molar-refractivity contribution in [1.82, 2.24) is 4.90 Å². The predicted molar refractivity (Wildman–Crippen MR) is 67.3 cm³/mol. The third-order valence-electron chi connectivity index (χ3n) is 3.13. The summed E-state index contributed by atoms with van der Waals surface area (Å²) in [5.74, 6) is 0.979. The zero-order valence-corrected chi connectivity index (χ0v) is 10.3. The number of rotatable bonds is 3. The fourth-order valence-electron chi connectivity index (χ4n) is 1.84. The highest BCUT2D eigenvalue weighted by Gasteiger charge is 2.11. The number of anilines is 1. The number of nitrogens with one attached hydrogen (secondary N) is 1. The third-order valence-corrected chi connectivity index (χ3v) is 3.13. The van der Waals surface area contributed by atoms with Gasteiger partial charge in [-0.15, -0.1) is 0 Å². The van der Waals surface area contributed by atoms with Crippen LogP contribution in [0.2, 0.25) is 0 Å². The zero-order chi connectivity index (χ0) is 11.5. The average Bonchev–Trinajstić information content (AvgIpc) is 2.28. The Labute approximate surface area is 97.4 Å². The molecule has 16 heavy (non-hydrogen) atoms. The Morgan fingerprint density at radius 1 is 1.44 bits per heavy atom. The summed E-state index contributed by atoms with van der Waals surface area (Å²) in [4.78, 5) is 2.24. The first kappa shape index (κ1) is 11.3. The van der Waals surface area contributed by atoms with Crippen LogP contribution in [-0.2, 0) is 6.42 Å². The minimum Gasteiger partial charge on any atom is -0.490 e. The molecule has 0 aromatic heterocycles. The Kier molecular flexibility index (Phi) is 3.34. The van der Waals surface area contributed by atoms with Crippen molar-refractivity contribution in [3.05, 3.63) is 23.8 Å². The van der Waals surface area contributed by atoms with Gasteiger partial charge in [0.05, 0.1) is 5.69 Å². The molecule has 0 saturated heterocycles. The van der Waals surface area contributed by atoms with E-state index in [9.17, 15) is 0 Å². The van der Waals surface area contributed by atoms with Gasteiger partial charge in [-0.05, 0) is 45.1 Å². The van der Waals surface area contributed by atoms with Crippen molar-refractivity contribution in [2.45, 2.75) is 19.4 Å². The van der Waals surface area contributed by atoms with Crippen LogP contribution in [-0.4, -0.2) is 38.2 Å². The van der Waals surface area contributed by atoms with Crippen LogP contribution in [0.5, 0.6) is 5.75 Å². The lowest BCUT2D eigenvalue weighted by Crippen LogP contribution is -2.26. The molecule has 3 nitrogen and oxygen atoms in total. The number of hydrogen-bond acceptors (Lipinski definition) is 3. The van der Waals surface area contributed by atoms with Crippen molar-refractivity contribution >= 4 is 5.69 Å². The largest absolute Gasteiger partial charge is 0.490 e. The van der Waals surface area contributed by atoms with Crippen LogP contribution in [0, 0.1) is 0 Å². The van der Waals surface area contributed by atoms with E-state index in [-0.39, 0.29) is 0 Å². The first-order valence-electron chi connectivity index (χ1n) is 5.83. The van der Waals surface area contributed by atoms with Gasteiger partial charge in [-0.25, -0.2) is 0 Å². The van der Waals surface area contributed by atoms with Gasteiger partial charge >= 0.3 is 0 Å². The Morgan fingerprint density at radius 2 is 2.25 bits per heavy atom. The highest BCUT2D eigenvalue weighted by Crippen LogP contribution is 2.28. The molecule has 0 radical (unpaired) electrons. The minimum absolute atomic E-state index is 0.558. The monoisotopic (exact) mass is 220 g/mol. The van der Waals surface area contributed by atoms with Crippen molar-refractivity contribution < 1.29 is 4.74 Å². The van der Waals surface area contributed by atoms with Gasteiger partial charge in [0.25, 0.3) is 0 Å². The topological polar surface area (TPSA) is 24.5 Å². The third kappa shape index (κ3) is 2.47. The number of ether oxygens (including phenoxy) is 1. The van der Waals surface area contributed by atoms with Crippen LogP contribution >= 0.6 is 0 Å². The fourth-order valence-corrected chi connectivity index (χ4v) is 1.84. The molecule has 3 heteroatoms. The lowest BCUT2D eigenvalue weighted by molar-refractivity contribution is 0.311. The van der Waals surface area contributed by atoms with Gasteiger partial charge in [0, 0.05) is 12.6 Å². The molecule has 0 spiro atoms. The fraction of sp³-hybridized carbons (Fsp3) is 0.538. The zero-order valence-electron chi connectivity index (χ0n) is 10.3. The molecule has 0 aliphatic carbocycles. The van der Waals surface area contributed by atoms with E-state index >= 15 is 0 Å². The van der Waals surface area contributed by atoms with Crippen LogP contribution < -0.4 is 10.1 Å². The molecular weight excluding hydrogens is 200 g/mol. The van der Waals surface area contributed by atoms with Crippen LogP contribution in [0.1, 0.15) is 12.5 Å². The molecule has 1 aliphatic heterocycles. The van der Waals surface area contributed by atoms with Gasteiger partial charge in [0.15, 0.2) is 0 Å². The van der Waals surface area contributed by atoms with Gasteiger partial charge in [0.1, 0.15) is 12.4 Å². The Balaban J connectivity index is 2.11. The van der Waals surface area contributed by atoms with E-state index in [0.29, 0.717) is 6.04 Å². The lowest BCUT2D eigenvalue weighted by Gasteiger charge is -2.22. The Morgan fingerprint density at radius 3 is 3.00 bits per heavy atom. The van der Waals surface area contributed by atoms with Crippen molar-refractivity contribution in [2.24, 2.45) is 0 Å². The van der Waals surface area contributed by atoms with Crippen molar-refractivity contribution in [3.63, 3.8) is 0 Å². The quantitative estimate of drug-likeness (QED) is 0.843. The van der Waals surface area contributed by atoms with E-state index in [1.54, 1.807) is 0 Å². The number of hydrogen-bond donors (Lipinski definition) is 1. The van der Waals surface area contributed by atoms with Crippen LogP contribution in [0.4, 0.5) is 5.69 Å². The molecule has 1 heterocycles. The summed E-state index contributed by atoms with van der Waals surface area (Å²) in [5, 5.41) is 3.37. The summed E-state index contributed by atoms with van der Waals surface area (Å²) in [5.41, 5.74) is 2.49. The molecule has 0 fully saturated rings. The maximum atomic E-state index is 5.56. The van der Waals surface area contributed by atoms with E-state index in [1.165, 1.54) is 5.56 Å². The van der Waals surface area contributed by atoms with E-state index < -0.39 is 0 Å². The predicted octanol–water partition coefficient (Wildman–Crippen LogP) is 1.98. The molecule has 1 aliphatic rings. The maximum Gasteiger partial charge on any atom is 0.142 e. The first-order valence-corrected chi connectivity index (χ1v) is 5.83. The average molecular weight is 220 g/mol. The van der Waals surface area contributed by atoms with Crippen molar-refractivity contribution in [1.29, 1.82) is 0 Å². The minimum atomic E-state index is 0.558. The summed E-state index contributed by atoms with van der Waals surface area (Å²) in [7, 11) is 4.23. The summed E-state index contributed by atoms with van der Waals surface area (Å²) in [6.45, 7) is 3.91. The molecule has 2 rings (SSSR count).